The summed E-state index contributed by atoms with van der Waals surface area (Å²) in [5.41, 5.74) is 2.25. The molecule has 0 saturated carbocycles. The number of hydrogen-bond donors (Lipinski definition) is 1. The number of rotatable bonds is 6. The molecule has 0 aliphatic heterocycles. The molecule has 0 atom stereocenters. The van der Waals surface area contributed by atoms with Crippen molar-refractivity contribution in [3.8, 4) is 16.9 Å². The van der Waals surface area contributed by atoms with Crippen molar-refractivity contribution >= 4 is 0 Å². The van der Waals surface area contributed by atoms with Crippen LogP contribution < -0.4 is 10.1 Å². The van der Waals surface area contributed by atoms with E-state index in [1.165, 1.54) is 0 Å². The van der Waals surface area contributed by atoms with E-state index in [1.807, 2.05) is 31.2 Å². The molecule has 0 aliphatic rings. The smallest absolute Gasteiger partial charge is 0.125 e. The summed E-state index contributed by atoms with van der Waals surface area (Å²) < 4.78 is 11.0. The second-order valence-corrected chi connectivity index (χ2v) is 4.00. The van der Waals surface area contributed by atoms with Crippen molar-refractivity contribution in [2.45, 2.75) is 20.4 Å². The Kier molecular flexibility index (Phi) is 4.42. The summed E-state index contributed by atoms with van der Waals surface area (Å²) in [5, 5.41) is 3.28. The Hall–Kier alpha value is -1.74. The summed E-state index contributed by atoms with van der Waals surface area (Å²) in [6.07, 6.45) is 1.73. The van der Waals surface area contributed by atoms with Crippen molar-refractivity contribution in [1.82, 2.24) is 5.32 Å². The zero-order chi connectivity index (χ0) is 12.8. The van der Waals surface area contributed by atoms with E-state index in [-0.39, 0.29) is 0 Å². The van der Waals surface area contributed by atoms with Gasteiger partial charge in [0.1, 0.15) is 11.5 Å². The summed E-state index contributed by atoms with van der Waals surface area (Å²) in [5.74, 6) is 1.86. The van der Waals surface area contributed by atoms with Gasteiger partial charge in [-0.1, -0.05) is 19.1 Å². The van der Waals surface area contributed by atoms with Crippen LogP contribution in [-0.4, -0.2) is 13.2 Å². The molecule has 0 unspecified atom stereocenters. The maximum atomic E-state index is 5.52. The SMILES string of the molecule is CCNCc1occc1-c1cccc(OCC)c1. The number of furan rings is 1. The molecule has 1 heterocycles. The predicted octanol–water partition coefficient (Wildman–Crippen LogP) is 3.45. The van der Waals surface area contributed by atoms with Crippen molar-refractivity contribution in [1.29, 1.82) is 0 Å². The second-order valence-electron chi connectivity index (χ2n) is 4.00. The first-order chi connectivity index (χ1) is 8.85. The minimum Gasteiger partial charge on any atom is -0.494 e. The number of hydrogen-bond acceptors (Lipinski definition) is 3. The largest absolute Gasteiger partial charge is 0.494 e. The van der Waals surface area contributed by atoms with Gasteiger partial charge >= 0.3 is 0 Å². The first-order valence-electron chi connectivity index (χ1n) is 6.35. The fraction of sp³-hybridized carbons (Fsp3) is 0.333. The second kappa shape index (κ2) is 6.26. The van der Waals surface area contributed by atoms with Crippen LogP contribution in [0.5, 0.6) is 5.75 Å². The summed E-state index contributed by atoms with van der Waals surface area (Å²) >= 11 is 0. The third kappa shape index (κ3) is 2.93. The first-order valence-corrected chi connectivity index (χ1v) is 6.35. The average molecular weight is 245 g/mol. The molecule has 0 aliphatic carbocycles. The van der Waals surface area contributed by atoms with Gasteiger partial charge in [-0.3, -0.25) is 0 Å². The Morgan fingerprint density at radius 3 is 2.89 bits per heavy atom. The summed E-state index contributed by atoms with van der Waals surface area (Å²) in [6.45, 7) is 6.43. The highest BCUT2D eigenvalue weighted by Gasteiger charge is 2.08. The molecule has 0 spiro atoms. The lowest BCUT2D eigenvalue weighted by atomic mass is 10.1. The highest BCUT2D eigenvalue weighted by molar-refractivity contribution is 5.66. The number of nitrogens with one attached hydrogen (secondary N) is 1. The molecular formula is C15H19NO2. The third-order valence-corrected chi connectivity index (χ3v) is 2.74. The van der Waals surface area contributed by atoms with Gasteiger partial charge in [-0.25, -0.2) is 0 Å². The van der Waals surface area contributed by atoms with Crippen molar-refractivity contribution in [3.05, 3.63) is 42.4 Å². The number of ether oxygens (including phenoxy) is 1. The average Bonchev–Trinajstić information content (AvgIpc) is 2.85. The molecule has 1 N–H and O–H groups in total. The quantitative estimate of drug-likeness (QED) is 0.846. The van der Waals surface area contributed by atoms with Crippen molar-refractivity contribution in [3.63, 3.8) is 0 Å². The van der Waals surface area contributed by atoms with Crippen LogP contribution >= 0.6 is 0 Å². The van der Waals surface area contributed by atoms with Gasteiger partial charge in [0.15, 0.2) is 0 Å². The van der Waals surface area contributed by atoms with E-state index in [2.05, 4.69) is 18.3 Å². The van der Waals surface area contributed by atoms with E-state index in [0.717, 1.165) is 35.7 Å². The summed E-state index contributed by atoms with van der Waals surface area (Å²) in [6, 6.07) is 10.1. The van der Waals surface area contributed by atoms with Crippen LogP contribution in [0.25, 0.3) is 11.1 Å². The fourth-order valence-electron chi connectivity index (χ4n) is 1.89. The van der Waals surface area contributed by atoms with Crippen molar-refractivity contribution in [2.75, 3.05) is 13.2 Å². The normalized spacial score (nSPS) is 10.6. The molecule has 1 aromatic carbocycles. The maximum Gasteiger partial charge on any atom is 0.125 e. The third-order valence-electron chi connectivity index (χ3n) is 2.74. The van der Waals surface area contributed by atoms with Crippen molar-refractivity contribution in [2.24, 2.45) is 0 Å². The van der Waals surface area contributed by atoms with Crippen LogP contribution in [-0.2, 0) is 6.54 Å². The van der Waals surface area contributed by atoms with Gasteiger partial charge in [0.05, 0.1) is 19.4 Å². The Morgan fingerprint density at radius 2 is 2.11 bits per heavy atom. The van der Waals surface area contributed by atoms with E-state index in [0.29, 0.717) is 6.61 Å². The molecule has 3 nitrogen and oxygen atoms in total. The van der Waals surface area contributed by atoms with Crippen LogP contribution in [0.2, 0.25) is 0 Å². The molecular weight excluding hydrogens is 226 g/mol. The molecule has 0 bridgehead atoms. The summed E-state index contributed by atoms with van der Waals surface area (Å²) in [4.78, 5) is 0. The van der Waals surface area contributed by atoms with Crippen LogP contribution in [0.4, 0.5) is 0 Å². The Balaban J connectivity index is 2.24. The molecule has 18 heavy (non-hydrogen) atoms. The van der Waals surface area contributed by atoms with Crippen LogP contribution in [0.15, 0.2) is 41.0 Å². The van der Waals surface area contributed by atoms with Crippen LogP contribution in [0, 0.1) is 0 Å². The first kappa shape index (κ1) is 12.7. The highest BCUT2D eigenvalue weighted by Crippen LogP contribution is 2.27. The van der Waals surface area contributed by atoms with Gasteiger partial charge in [0, 0.05) is 5.56 Å². The highest BCUT2D eigenvalue weighted by atomic mass is 16.5. The minimum atomic E-state index is 0.680. The molecule has 1 aromatic heterocycles. The van der Waals surface area contributed by atoms with Gasteiger partial charge in [0.25, 0.3) is 0 Å². The zero-order valence-electron chi connectivity index (χ0n) is 10.9. The van der Waals surface area contributed by atoms with Gasteiger partial charge in [-0.15, -0.1) is 0 Å². The molecule has 2 aromatic rings. The van der Waals surface area contributed by atoms with Gasteiger partial charge in [-0.05, 0) is 37.2 Å². The monoisotopic (exact) mass is 245 g/mol. The Morgan fingerprint density at radius 1 is 1.22 bits per heavy atom. The van der Waals surface area contributed by atoms with Crippen LogP contribution in [0.3, 0.4) is 0 Å². The fourth-order valence-corrected chi connectivity index (χ4v) is 1.89. The van der Waals surface area contributed by atoms with Gasteiger partial charge in [-0.2, -0.15) is 0 Å². The Bertz CT molecular complexity index is 491. The molecule has 3 heteroatoms. The minimum absolute atomic E-state index is 0.680. The molecule has 0 fully saturated rings. The molecule has 96 valence electrons. The maximum absolute atomic E-state index is 5.52. The molecule has 0 amide bonds. The predicted molar refractivity (Wildman–Crippen MR) is 72.7 cm³/mol. The van der Waals surface area contributed by atoms with Gasteiger partial charge < -0.3 is 14.5 Å². The Labute approximate surface area is 108 Å². The van der Waals surface area contributed by atoms with Crippen LogP contribution in [0.1, 0.15) is 19.6 Å². The van der Waals surface area contributed by atoms with E-state index in [4.69, 9.17) is 9.15 Å². The molecule has 2 rings (SSSR count). The van der Waals surface area contributed by atoms with E-state index >= 15 is 0 Å². The van der Waals surface area contributed by atoms with E-state index in [9.17, 15) is 0 Å². The van der Waals surface area contributed by atoms with E-state index in [1.54, 1.807) is 6.26 Å². The molecule has 0 radical (unpaired) electrons. The summed E-state index contributed by atoms with van der Waals surface area (Å²) in [7, 11) is 0. The lowest BCUT2D eigenvalue weighted by molar-refractivity contribution is 0.340. The molecule has 0 saturated heterocycles. The number of benzene rings is 1. The zero-order valence-corrected chi connectivity index (χ0v) is 10.9. The van der Waals surface area contributed by atoms with E-state index < -0.39 is 0 Å². The standard InChI is InChI=1S/C15H19NO2/c1-3-16-11-15-14(8-9-18-15)12-6-5-7-13(10-12)17-4-2/h5-10,16H,3-4,11H2,1-2H3. The lowest BCUT2D eigenvalue weighted by Crippen LogP contribution is -2.11. The lowest BCUT2D eigenvalue weighted by Gasteiger charge is -2.07. The van der Waals surface area contributed by atoms with Crippen molar-refractivity contribution < 1.29 is 9.15 Å². The topological polar surface area (TPSA) is 34.4 Å². The van der Waals surface area contributed by atoms with Gasteiger partial charge in [0.2, 0.25) is 0 Å².